The van der Waals surface area contributed by atoms with Crippen LogP contribution >= 0.6 is 11.6 Å². The summed E-state index contributed by atoms with van der Waals surface area (Å²) < 4.78 is 3.63. The predicted molar refractivity (Wildman–Crippen MR) is 119 cm³/mol. The van der Waals surface area contributed by atoms with Gasteiger partial charge in [-0.05, 0) is 62.7 Å². The first-order chi connectivity index (χ1) is 14.4. The first kappa shape index (κ1) is 19.9. The maximum Gasteiger partial charge on any atom is 0.256 e. The molecule has 0 aliphatic carbocycles. The Kier molecular flexibility index (Phi) is 5.42. The molecule has 7 heteroatoms. The van der Waals surface area contributed by atoms with Gasteiger partial charge in [-0.25, -0.2) is 4.68 Å². The molecular formula is C23H22ClN5O. The van der Waals surface area contributed by atoms with Crippen LogP contribution in [0.2, 0.25) is 5.02 Å². The number of aromatic nitrogens is 4. The minimum atomic E-state index is -0.198. The third kappa shape index (κ3) is 4.28. The highest BCUT2D eigenvalue weighted by atomic mass is 35.5. The van der Waals surface area contributed by atoms with Crippen LogP contribution in [0.5, 0.6) is 0 Å². The number of nitrogens with zero attached hydrogens (tertiary/aromatic N) is 4. The lowest BCUT2D eigenvalue weighted by Gasteiger charge is -2.10. The number of amides is 1. The highest BCUT2D eigenvalue weighted by molar-refractivity contribution is 6.30. The summed E-state index contributed by atoms with van der Waals surface area (Å²) in [5.74, 6) is 0.391. The Balaban J connectivity index is 1.51. The Morgan fingerprint density at radius 2 is 1.70 bits per heavy atom. The van der Waals surface area contributed by atoms with Crippen molar-refractivity contribution in [3.8, 4) is 5.69 Å². The molecule has 0 atom stereocenters. The number of benzene rings is 2. The van der Waals surface area contributed by atoms with E-state index in [4.69, 9.17) is 11.6 Å². The molecule has 1 amide bonds. The third-order valence-electron chi connectivity index (χ3n) is 4.78. The number of carbonyl (C=O) groups excluding carboxylic acids is 1. The smallest absolute Gasteiger partial charge is 0.256 e. The molecule has 2 aromatic carbocycles. The van der Waals surface area contributed by atoms with Gasteiger partial charge >= 0.3 is 0 Å². The van der Waals surface area contributed by atoms with E-state index in [1.807, 2.05) is 74.0 Å². The fourth-order valence-corrected chi connectivity index (χ4v) is 3.54. The SMILES string of the molecule is Cc1cc(C)n(Cc2ccc(C(=O)Nc3cc(C)nn3-c3cccc(Cl)c3)cc2)n1. The zero-order valence-electron chi connectivity index (χ0n) is 17.1. The number of nitrogens with one attached hydrogen (secondary N) is 1. The van der Waals surface area contributed by atoms with Crippen molar-refractivity contribution >= 4 is 23.3 Å². The van der Waals surface area contributed by atoms with E-state index in [9.17, 15) is 4.79 Å². The number of hydrogen-bond acceptors (Lipinski definition) is 3. The Morgan fingerprint density at radius 3 is 2.37 bits per heavy atom. The fraction of sp³-hybridized carbons (Fsp3) is 0.174. The van der Waals surface area contributed by atoms with Crippen molar-refractivity contribution in [1.29, 1.82) is 0 Å². The second kappa shape index (κ2) is 8.16. The van der Waals surface area contributed by atoms with Crippen molar-refractivity contribution < 1.29 is 4.79 Å². The van der Waals surface area contributed by atoms with Crippen LogP contribution in [0.4, 0.5) is 5.82 Å². The lowest BCUT2D eigenvalue weighted by Crippen LogP contribution is -2.15. The van der Waals surface area contributed by atoms with E-state index in [0.29, 0.717) is 22.9 Å². The Morgan fingerprint density at radius 1 is 0.967 bits per heavy atom. The summed E-state index contributed by atoms with van der Waals surface area (Å²) in [7, 11) is 0. The van der Waals surface area contributed by atoms with Gasteiger partial charge in [0, 0.05) is 22.3 Å². The number of hydrogen-bond donors (Lipinski definition) is 1. The predicted octanol–water partition coefficient (Wildman–Crippen LogP) is 4.95. The van der Waals surface area contributed by atoms with Crippen molar-refractivity contribution in [2.45, 2.75) is 27.3 Å². The van der Waals surface area contributed by atoms with Gasteiger partial charge in [-0.1, -0.05) is 29.8 Å². The van der Waals surface area contributed by atoms with E-state index in [-0.39, 0.29) is 5.91 Å². The Hall–Kier alpha value is -3.38. The van der Waals surface area contributed by atoms with Crippen LogP contribution in [0.25, 0.3) is 5.69 Å². The van der Waals surface area contributed by atoms with E-state index in [1.165, 1.54) is 0 Å². The van der Waals surface area contributed by atoms with Crippen molar-refractivity contribution in [3.05, 3.63) is 93.9 Å². The van der Waals surface area contributed by atoms with Crippen LogP contribution in [0.3, 0.4) is 0 Å². The summed E-state index contributed by atoms with van der Waals surface area (Å²) >= 11 is 6.10. The van der Waals surface area contributed by atoms with Gasteiger partial charge in [0.15, 0.2) is 0 Å². The maximum atomic E-state index is 12.8. The van der Waals surface area contributed by atoms with Crippen molar-refractivity contribution in [3.63, 3.8) is 0 Å². The van der Waals surface area contributed by atoms with E-state index >= 15 is 0 Å². The van der Waals surface area contributed by atoms with E-state index in [0.717, 1.165) is 28.3 Å². The van der Waals surface area contributed by atoms with E-state index < -0.39 is 0 Å². The highest BCUT2D eigenvalue weighted by Gasteiger charge is 2.13. The standard InChI is InChI=1S/C23H22ClN5O/c1-15-11-17(3)28(26-15)14-18-7-9-19(10-8-18)23(30)25-22-12-16(2)27-29(22)21-6-4-5-20(24)13-21/h4-13H,14H2,1-3H3,(H,25,30). The van der Waals surface area contributed by atoms with Gasteiger partial charge < -0.3 is 5.32 Å². The van der Waals surface area contributed by atoms with Crippen LogP contribution in [0.15, 0.2) is 60.7 Å². The van der Waals surface area contributed by atoms with Crippen LogP contribution in [-0.4, -0.2) is 25.5 Å². The lowest BCUT2D eigenvalue weighted by atomic mass is 10.1. The number of anilines is 1. The van der Waals surface area contributed by atoms with Crippen molar-refractivity contribution in [2.75, 3.05) is 5.32 Å². The van der Waals surface area contributed by atoms with Gasteiger partial charge in [0.25, 0.3) is 5.91 Å². The number of aryl methyl sites for hydroxylation is 3. The minimum Gasteiger partial charge on any atom is -0.306 e. The molecule has 0 saturated carbocycles. The number of rotatable bonds is 5. The van der Waals surface area contributed by atoms with Gasteiger partial charge in [-0.15, -0.1) is 0 Å². The Bertz CT molecular complexity index is 1210. The zero-order chi connectivity index (χ0) is 21.3. The van der Waals surface area contributed by atoms with Gasteiger partial charge in [-0.2, -0.15) is 10.2 Å². The van der Waals surface area contributed by atoms with Gasteiger partial charge in [-0.3, -0.25) is 9.48 Å². The molecule has 0 bridgehead atoms. The molecule has 0 fully saturated rings. The summed E-state index contributed by atoms with van der Waals surface area (Å²) in [6.07, 6.45) is 0. The summed E-state index contributed by atoms with van der Waals surface area (Å²) in [6.45, 7) is 6.56. The quantitative estimate of drug-likeness (QED) is 0.497. The minimum absolute atomic E-state index is 0.198. The molecule has 0 aliphatic rings. The largest absolute Gasteiger partial charge is 0.306 e. The normalized spacial score (nSPS) is 10.9. The van der Waals surface area contributed by atoms with Crippen molar-refractivity contribution in [2.24, 2.45) is 0 Å². The Labute approximate surface area is 180 Å². The van der Waals surface area contributed by atoms with E-state index in [2.05, 4.69) is 15.5 Å². The molecule has 0 radical (unpaired) electrons. The topological polar surface area (TPSA) is 64.7 Å². The molecule has 0 spiro atoms. The van der Waals surface area contributed by atoms with Crippen molar-refractivity contribution in [1.82, 2.24) is 19.6 Å². The van der Waals surface area contributed by atoms with Crippen LogP contribution in [-0.2, 0) is 6.54 Å². The first-order valence-electron chi connectivity index (χ1n) is 9.63. The molecular weight excluding hydrogens is 398 g/mol. The molecule has 0 aliphatic heterocycles. The number of halogens is 1. The third-order valence-corrected chi connectivity index (χ3v) is 5.01. The molecule has 0 saturated heterocycles. The highest BCUT2D eigenvalue weighted by Crippen LogP contribution is 2.21. The zero-order valence-corrected chi connectivity index (χ0v) is 17.8. The summed E-state index contributed by atoms with van der Waals surface area (Å²) in [4.78, 5) is 12.8. The molecule has 2 heterocycles. The van der Waals surface area contributed by atoms with Crippen LogP contribution < -0.4 is 5.32 Å². The second-order valence-electron chi connectivity index (χ2n) is 7.30. The van der Waals surface area contributed by atoms with Crippen LogP contribution in [0, 0.1) is 20.8 Å². The molecule has 1 N–H and O–H groups in total. The number of carbonyl (C=O) groups is 1. The van der Waals surface area contributed by atoms with Gasteiger partial charge in [0.05, 0.1) is 23.6 Å². The molecule has 6 nitrogen and oxygen atoms in total. The first-order valence-corrected chi connectivity index (χ1v) is 10.0. The molecule has 2 aromatic heterocycles. The van der Waals surface area contributed by atoms with Gasteiger partial charge in [0.2, 0.25) is 0 Å². The molecule has 152 valence electrons. The average molecular weight is 420 g/mol. The summed E-state index contributed by atoms with van der Waals surface area (Å²) in [5, 5.41) is 12.5. The van der Waals surface area contributed by atoms with Crippen LogP contribution in [0.1, 0.15) is 33.0 Å². The summed E-state index contributed by atoms with van der Waals surface area (Å²) in [6, 6.07) is 18.8. The molecule has 4 rings (SSSR count). The summed E-state index contributed by atoms with van der Waals surface area (Å²) in [5.41, 5.74) is 5.34. The fourth-order valence-electron chi connectivity index (χ4n) is 3.35. The molecule has 30 heavy (non-hydrogen) atoms. The maximum absolute atomic E-state index is 12.8. The molecule has 4 aromatic rings. The van der Waals surface area contributed by atoms with E-state index in [1.54, 1.807) is 16.8 Å². The monoisotopic (exact) mass is 419 g/mol. The second-order valence-corrected chi connectivity index (χ2v) is 7.73. The van der Waals surface area contributed by atoms with Gasteiger partial charge in [0.1, 0.15) is 5.82 Å². The average Bonchev–Trinajstić information content (AvgIpc) is 3.23. The lowest BCUT2D eigenvalue weighted by molar-refractivity contribution is 0.102. The molecule has 0 unspecified atom stereocenters.